The number of carboxylic acids is 1. The Balaban J connectivity index is 1.63. The predicted octanol–water partition coefficient (Wildman–Crippen LogP) is 5.65. The van der Waals surface area contributed by atoms with Crippen LogP contribution in [0, 0.1) is 0 Å². The Morgan fingerprint density at radius 3 is 2.29 bits per heavy atom. The Hall–Kier alpha value is -4.34. The van der Waals surface area contributed by atoms with Crippen LogP contribution in [0.2, 0.25) is 0 Å². The number of aryl methyl sites for hydroxylation is 1. The molecule has 0 spiro atoms. The van der Waals surface area contributed by atoms with Crippen LogP contribution in [0.15, 0.2) is 83.7 Å². The summed E-state index contributed by atoms with van der Waals surface area (Å²) in [5.74, 6) is -0.443. The van der Waals surface area contributed by atoms with Crippen LogP contribution >= 0.6 is 0 Å². The molecule has 0 radical (unpaired) electrons. The van der Waals surface area contributed by atoms with Crippen molar-refractivity contribution in [2.24, 2.45) is 0 Å². The van der Waals surface area contributed by atoms with E-state index in [1.807, 2.05) is 6.92 Å². The van der Waals surface area contributed by atoms with Gasteiger partial charge in [-0.15, -0.1) is 5.10 Å². The first kappa shape index (κ1) is 26.7. The van der Waals surface area contributed by atoms with Gasteiger partial charge in [0.15, 0.2) is 0 Å². The van der Waals surface area contributed by atoms with Gasteiger partial charge in [0.2, 0.25) is 6.10 Å². The number of hydrogen-bond donors (Lipinski definition) is 1. The molecular weight excluding hydrogens is 499 g/mol. The number of nitrogens with zero attached hydrogens (tertiary/aromatic N) is 3. The summed E-state index contributed by atoms with van der Waals surface area (Å²) in [6, 6.07) is 19.9. The first-order valence-electron chi connectivity index (χ1n) is 12.1. The molecule has 1 unspecified atom stereocenters. The first-order valence-corrected chi connectivity index (χ1v) is 12.1. The number of rotatable bonds is 10. The molecule has 4 aromatic rings. The summed E-state index contributed by atoms with van der Waals surface area (Å²) in [6.07, 6.45) is -3.89. The van der Waals surface area contributed by atoms with E-state index in [2.05, 4.69) is 5.10 Å². The van der Waals surface area contributed by atoms with Gasteiger partial charge < -0.3 is 9.84 Å². The van der Waals surface area contributed by atoms with Crippen molar-refractivity contribution in [3.8, 4) is 11.4 Å². The number of para-hydroxylation sites is 1. The second-order valence-corrected chi connectivity index (χ2v) is 8.71. The molecule has 198 valence electrons. The van der Waals surface area contributed by atoms with Crippen LogP contribution in [0.4, 0.5) is 13.2 Å². The first-order chi connectivity index (χ1) is 18.2. The van der Waals surface area contributed by atoms with Crippen molar-refractivity contribution in [1.29, 1.82) is 0 Å². The molecule has 0 fully saturated rings. The molecule has 7 nitrogen and oxygen atoms in total. The van der Waals surface area contributed by atoms with Crippen molar-refractivity contribution in [2.45, 2.75) is 45.0 Å². The lowest BCUT2D eigenvalue weighted by atomic mass is 10.1. The van der Waals surface area contributed by atoms with Crippen LogP contribution in [0.5, 0.6) is 5.75 Å². The molecule has 0 aliphatic heterocycles. The number of benzene rings is 3. The topological polar surface area (TPSA) is 86.4 Å². The van der Waals surface area contributed by atoms with E-state index in [4.69, 9.17) is 4.74 Å². The van der Waals surface area contributed by atoms with E-state index in [0.717, 1.165) is 17.2 Å². The van der Waals surface area contributed by atoms with Gasteiger partial charge >= 0.3 is 17.8 Å². The largest absolute Gasteiger partial charge is 0.478 e. The lowest BCUT2D eigenvalue weighted by molar-refractivity contribution is -0.145. The highest BCUT2D eigenvalue weighted by molar-refractivity contribution is 5.74. The monoisotopic (exact) mass is 525 g/mol. The molecule has 4 rings (SSSR count). The molecule has 0 aliphatic rings. The summed E-state index contributed by atoms with van der Waals surface area (Å²) in [5.41, 5.74) is -0.786. The van der Waals surface area contributed by atoms with Gasteiger partial charge in [-0.3, -0.25) is 4.57 Å². The molecule has 0 aliphatic carbocycles. The van der Waals surface area contributed by atoms with Crippen molar-refractivity contribution in [3.63, 3.8) is 0 Å². The number of ether oxygens (including phenoxy) is 1. The molecular formula is C28H26F3N3O4. The van der Waals surface area contributed by atoms with Gasteiger partial charge in [0.1, 0.15) is 11.6 Å². The second-order valence-electron chi connectivity index (χ2n) is 8.71. The van der Waals surface area contributed by atoms with Crippen LogP contribution in [-0.2, 0) is 23.9 Å². The second kappa shape index (κ2) is 11.4. The van der Waals surface area contributed by atoms with Crippen LogP contribution in [0.25, 0.3) is 5.69 Å². The summed E-state index contributed by atoms with van der Waals surface area (Å²) in [4.78, 5) is 25.0. The minimum Gasteiger partial charge on any atom is -0.478 e. The SMILES string of the molecule is CCCCc1nn(-c2ccccc2C(F)(F)F)c(=O)n1Cc1ccc(OC(C(=O)O)c2ccccc2)cc1. The van der Waals surface area contributed by atoms with E-state index in [0.29, 0.717) is 35.5 Å². The normalized spacial score (nSPS) is 12.3. The molecule has 10 heteroatoms. The lowest BCUT2D eigenvalue weighted by Crippen LogP contribution is -2.26. The van der Waals surface area contributed by atoms with Gasteiger partial charge in [0, 0.05) is 12.0 Å². The zero-order valence-electron chi connectivity index (χ0n) is 20.6. The Morgan fingerprint density at radius 1 is 1.00 bits per heavy atom. The van der Waals surface area contributed by atoms with Crippen molar-refractivity contribution < 1.29 is 27.8 Å². The Labute approximate surface area is 216 Å². The standard InChI is InChI=1S/C28H26F3N3O4/c1-2-3-13-24-32-34(23-12-8-7-11-22(23)28(29,30)31)27(37)33(24)18-19-14-16-21(17-15-19)38-25(26(35)36)20-9-5-4-6-10-20/h4-12,14-17,25H,2-3,13,18H2,1H3,(H,35,36). The molecule has 1 N–H and O–H groups in total. The molecule has 0 amide bonds. The molecule has 0 saturated heterocycles. The molecule has 3 aromatic carbocycles. The van der Waals surface area contributed by atoms with E-state index < -0.39 is 29.5 Å². The molecule has 1 atom stereocenters. The van der Waals surface area contributed by atoms with Crippen LogP contribution in [0.1, 0.15) is 48.4 Å². The molecule has 38 heavy (non-hydrogen) atoms. The number of unbranched alkanes of at least 4 members (excludes halogenated alkanes) is 1. The minimum absolute atomic E-state index is 0.0768. The summed E-state index contributed by atoms with van der Waals surface area (Å²) < 4.78 is 48.7. The van der Waals surface area contributed by atoms with Gasteiger partial charge in [-0.25, -0.2) is 9.59 Å². The third kappa shape index (κ3) is 5.96. The number of alkyl halides is 3. The molecule has 1 aromatic heterocycles. The molecule has 0 saturated carbocycles. The van der Waals surface area contributed by atoms with Crippen molar-refractivity contribution in [2.75, 3.05) is 0 Å². The maximum Gasteiger partial charge on any atom is 0.418 e. The summed E-state index contributed by atoms with van der Waals surface area (Å²) in [5, 5.41) is 13.9. The summed E-state index contributed by atoms with van der Waals surface area (Å²) in [7, 11) is 0. The minimum atomic E-state index is -4.65. The van der Waals surface area contributed by atoms with Crippen molar-refractivity contribution in [3.05, 3.63) is 112 Å². The van der Waals surface area contributed by atoms with E-state index >= 15 is 0 Å². The fraction of sp³-hybridized carbons (Fsp3) is 0.250. The number of aliphatic carboxylic acids is 1. The maximum atomic E-state index is 13.6. The van der Waals surface area contributed by atoms with Gasteiger partial charge in [-0.1, -0.05) is 67.9 Å². The van der Waals surface area contributed by atoms with Gasteiger partial charge in [-0.2, -0.15) is 17.9 Å². The third-order valence-corrected chi connectivity index (χ3v) is 5.98. The van der Waals surface area contributed by atoms with Gasteiger partial charge in [0.05, 0.1) is 17.8 Å². The Bertz CT molecular complexity index is 1440. The highest BCUT2D eigenvalue weighted by Gasteiger charge is 2.34. The molecule has 1 heterocycles. The summed E-state index contributed by atoms with van der Waals surface area (Å²) >= 11 is 0. The van der Waals surface area contributed by atoms with Crippen molar-refractivity contribution in [1.82, 2.24) is 14.3 Å². The highest BCUT2D eigenvalue weighted by atomic mass is 19.4. The third-order valence-electron chi connectivity index (χ3n) is 5.98. The number of aromatic nitrogens is 3. The Morgan fingerprint density at radius 2 is 1.66 bits per heavy atom. The van der Waals surface area contributed by atoms with E-state index in [9.17, 15) is 27.9 Å². The smallest absolute Gasteiger partial charge is 0.418 e. The molecule has 0 bridgehead atoms. The Kier molecular flexibility index (Phi) is 7.99. The fourth-order valence-electron chi connectivity index (χ4n) is 4.05. The number of hydrogen-bond acceptors (Lipinski definition) is 4. The lowest BCUT2D eigenvalue weighted by Gasteiger charge is -2.16. The van der Waals surface area contributed by atoms with E-state index in [1.54, 1.807) is 54.6 Å². The number of carbonyl (C=O) groups is 1. The highest BCUT2D eigenvalue weighted by Crippen LogP contribution is 2.33. The zero-order valence-corrected chi connectivity index (χ0v) is 20.6. The quantitative estimate of drug-likeness (QED) is 0.289. The number of carboxylic acid groups (broad SMARTS) is 1. The predicted molar refractivity (Wildman–Crippen MR) is 134 cm³/mol. The van der Waals surface area contributed by atoms with Crippen LogP contribution < -0.4 is 10.4 Å². The van der Waals surface area contributed by atoms with Gasteiger partial charge in [-0.05, 0) is 36.2 Å². The van der Waals surface area contributed by atoms with Gasteiger partial charge in [0.25, 0.3) is 0 Å². The van der Waals surface area contributed by atoms with Crippen molar-refractivity contribution >= 4 is 5.97 Å². The van der Waals surface area contributed by atoms with Crippen LogP contribution in [-0.4, -0.2) is 25.4 Å². The number of halogens is 3. The van der Waals surface area contributed by atoms with E-state index in [-0.39, 0.29) is 12.2 Å². The fourth-order valence-corrected chi connectivity index (χ4v) is 4.05. The average molecular weight is 526 g/mol. The van der Waals surface area contributed by atoms with Crippen LogP contribution in [0.3, 0.4) is 0 Å². The average Bonchev–Trinajstić information content (AvgIpc) is 3.21. The zero-order chi connectivity index (χ0) is 27.3. The maximum absolute atomic E-state index is 13.6. The van der Waals surface area contributed by atoms with E-state index in [1.165, 1.54) is 22.8 Å². The summed E-state index contributed by atoms with van der Waals surface area (Å²) in [6.45, 7) is 2.05.